The molecule has 0 saturated carbocycles. The average molecular weight is 451 g/mol. The van der Waals surface area contributed by atoms with E-state index >= 15 is 0 Å². The Morgan fingerprint density at radius 3 is 2.75 bits per heavy atom. The van der Waals surface area contributed by atoms with Crippen molar-refractivity contribution in [1.82, 2.24) is 16.3 Å². The molecule has 1 heterocycles. The maximum atomic E-state index is 12.4. The Hall–Kier alpha value is -3.39. The van der Waals surface area contributed by atoms with E-state index in [9.17, 15) is 9.90 Å². The fourth-order valence-electron chi connectivity index (χ4n) is 3.35. The first kappa shape index (κ1) is 21.8. The lowest BCUT2D eigenvalue weighted by molar-refractivity contribution is -0.122. The van der Waals surface area contributed by atoms with E-state index in [4.69, 9.17) is 16.3 Å². The van der Waals surface area contributed by atoms with Gasteiger partial charge in [0.2, 0.25) is 0 Å². The Kier molecular flexibility index (Phi) is 7.01. The quantitative estimate of drug-likeness (QED) is 0.325. The fraction of sp³-hybridized carbons (Fsp3) is 0.167. The zero-order valence-corrected chi connectivity index (χ0v) is 17.9. The van der Waals surface area contributed by atoms with Gasteiger partial charge in [0.15, 0.2) is 0 Å². The molecule has 0 aromatic heterocycles. The number of phenolic OH excluding ortho intramolecular Hbond substituents is 1. The molecule has 3 aromatic carbocycles. The number of halogens is 1. The molecule has 0 aliphatic carbocycles. The van der Waals surface area contributed by atoms with Crippen LogP contribution < -0.4 is 21.0 Å². The summed E-state index contributed by atoms with van der Waals surface area (Å²) >= 11 is 6.19. The molecule has 3 aromatic rings. The normalized spacial score (nSPS) is 18.0. The Morgan fingerprint density at radius 2 is 1.94 bits per heavy atom. The minimum absolute atomic E-state index is 0.0457. The molecule has 4 N–H and O–H groups in total. The van der Waals surface area contributed by atoms with Gasteiger partial charge in [-0.15, -0.1) is 0 Å². The van der Waals surface area contributed by atoms with Gasteiger partial charge in [-0.05, 0) is 60.0 Å². The summed E-state index contributed by atoms with van der Waals surface area (Å²) in [6.07, 6.45) is 2.09. The SMILES string of the molecule is O=C(N/N=C\c1ccc(O)cc1)C1CC(c2cccc(OCc3ccccc3Cl)c2)NN1. The molecule has 0 spiro atoms. The van der Waals surface area contributed by atoms with Gasteiger partial charge in [0, 0.05) is 16.6 Å². The van der Waals surface area contributed by atoms with Crippen LogP contribution in [0.15, 0.2) is 77.9 Å². The molecule has 7 nitrogen and oxygen atoms in total. The first-order chi connectivity index (χ1) is 15.6. The highest BCUT2D eigenvalue weighted by Crippen LogP contribution is 2.26. The highest BCUT2D eigenvalue weighted by atomic mass is 35.5. The van der Waals surface area contributed by atoms with Crippen molar-refractivity contribution in [1.29, 1.82) is 0 Å². The van der Waals surface area contributed by atoms with Crippen molar-refractivity contribution in [2.75, 3.05) is 0 Å². The van der Waals surface area contributed by atoms with Crippen molar-refractivity contribution < 1.29 is 14.6 Å². The molecule has 164 valence electrons. The summed E-state index contributed by atoms with van der Waals surface area (Å²) in [6, 6.07) is 21.4. The average Bonchev–Trinajstić information content (AvgIpc) is 3.31. The smallest absolute Gasteiger partial charge is 0.258 e. The van der Waals surface area contributed by atoms with Crippen molar-refractivity contribution >= 4 is 23.7 Å². The first-order valence-electron chi connectivity index (χ1n) is 10.2. The third kappa shape index (κ3) is 5.64. The Labute approximate surface area is 191 Å². The van der Waals surface area contributed by atoms with Crippen molar-refractivity contribution in [2.45, 2.75) is 25.1 Å². The fourth-order valence-corrected chi connectivity index (χ4v) is 3.54. The largest absolute Gasteiger partial charge is 0.508 e. The number of carbonyl (C=O) groups is 1. The van der Waals surface area contributed by atoms with Gasteiger partial charge in [-0.2, -0.15) is 5.10 Å². The van der Waals surface area contributed by atoms with E-state index in [1.165, 1.54) is 6.21 Å². The number of hydrazone groups is 1. The summed E-state index contributed by atoms with van der Waals surface area (Å²) < 4.78 is 5.90. The molecule has 2 unspecified atom stereocenters. The topological polar surface area (TPSA) is 95.0 Å². The van der Waals surface area contributed by atoms with Gasteiger partial charge in [0.25, 0.3) is 5.91 Å². The van der Waals surface area contributed by atoms with E-state index in [0.717, 1.165) is 22.4 Å². The molecule has 4 rings (SSSR count). The van der Waals surface area contributed by atoms with E-state index in [2.05, 4.69) is 21.4 Å². The second kappa shape index (κ2) is 10.3. The molecule has 1 aliphatic rings. The molecule has 1 aliphatic heterocycles. The molecule has 1 saturated heterocycles. The predicted octanol–water partition coefficient (Wildman–Crippen LogP) is 3.68. The summed E-state index contributed by atoms with van der Waals surface area (Å²) in [5, 5.41) is 14.0. The van der Waals surface area contributed by atoms with Crippen LogP contribution in [0.4, 0.5) is 0 Å². The number of carbonyl (C=O) groups excluding carboxylic acids is 1. The predicted molar refractivity (Wildman–Crippen MR) is 123 cm³/mol. The second-order valence-electron chi connectivity index (χ2n) is 7.41. The second-order valence-corrected chi connectivity index (χ2v) is 7.82. The van der Waals surface area contributed by atoms with Crippen molar-refractivity contribution in [3.8, 4) is 11.5 Å². The van der Waals surface area contributed by atoms with Gasteiger partial charge >= 0.3 is 0 Å². The number of nitrogens with zero attached hydrogens (tertiary/aromatic N) is 1. The third-order valence-corrected chi connectivity index (χ3v) is 5.48. The maximum Gasteiger partial charge on any atom is 0.258 e. The number of hydrazine groups is 1. The van der Waals surface area contributed by atoms with Crippen molar-refractivity contribution in [3.63, 3.8) is 0 Å². The number of rotatable bonds is 7. The van der Waals surface area contributed by atoms with Crippen LogP contribution in [0.25, 0.3) is 0 Å². The van der Waals surface area contributed by atoms with Crippen LogP contribution in [0.1, 0.15) is 29.2 Å². The van der Waals surface area contributed by atoms with Gasteiger partial charge in [-0.3, -0.25) is 4.79 Å². The number of benzene rings is 3. The van der Waals surface area contributed by atoms with Crippen LogP contribution >= 0.6 is 11.6 Å². The molecule has 2 atom stereocenters. The number of phenols is 1. The molecular formula is C24H23ClN4O3. The Bertz CT molecular complexity index is 1100. The van der Waals surface area contributed by atoms with Crippen LogP contribution in [-0.4, -0.2) is 23.3 Å². The third-order valence-electron chi connectivity index (χ3n) is 5.11. The van der Waals surface area contributed by atoms with E-state index in [1.807, 2.05) is 48.5 Å². The van der Waals surface area contributed by atoms with Crippen LogP contribution in [-0.2, 0) is 11.4 Å². The summed E-state index contributed by atoms with van der Waals surface area (Å²) in [7, 11) is 0. The Balaban J connectivity index is 1.30. The van der Waals surface area contributed by atoms with Gasteiger partial charge in [-0.1, -0.05) is 41.9 Å². The highest BCUT2D eigenvalue weighted by molar-refractivity contribution is 6.31. The molecule has 0 radical (unpaired) electrons. The van der Waals surface area contributed by atoms with Crippen LogP contribution in [0.2, 0.25) is 5.02 Å². The van der Waals surface area contributed by atoms with Gasteiger partial charge in [0.1, 0.15) is 24.1 Å². The van der Waals surface area contributed by atoms with Crippen molar-refractivity contribution in [2.24, 2.45) is 5.10 Å². The van der Waals surface area contributed by atoms with Crippen LogP contribution in [0, 0.1) is 0 Å². The van der Waals surface area contributed by atoms with Gasteiger partial charge in [-0.25, -0.2) is 16.3 Å². The molecule has 0 bridgehead atoms. The highest BCUT2D eigenvalue weighted by Gasteiger charge is 2.30. The number of amides is 1. The molecular weight excluding hydrogens is 428 g/mol. The van der Waals surface area contributed by atoms with Crippen LogP contribution in [0.5, 0.6) is 11.5 Å². The minimum atomic E-state index is -0.426. The van der Waals surface area contributed by atoms with Gasteiger partial charge in [0.05, 0.1) is 6.21 Å². The summed E-state index contributed by atoms with van der Waals surface area (Å²) in [5.41, 5.74) is 11.4. The molecule has 1 fully saturated rings. The number of nitrogens with one attached hydrogen (secondary N) is 3. The van der Waals surface area contributed by atoms with E-state index in [0.29, 0.717) is 18.1 Å². The molecule has 1 amide bonds. The number of aromatic hydroxyl groups is 1. The monoisotopic (exact) mass is 450 g/mol. The lowest BCUT2D eigenvalue weighted by Gasteiger charge is -2.13. The molecule has 32 heavy (non-hydrogen) atoms. The number of hydrogen-bond acceptors (Lipinski definition) is 6. The standard InChI is InChI=1S/C24H23ClN4O3/c25-21-7-2-1-4-18(21)15-32-20-6-3-5-17(12-20)22-13-23(28-27-22)24(31)29-26-14-16-8-10-19(30)11-9-16/h1-12,14,22-23,27-28,30H,13,15H2,(H,29,31)/b26-14-. The lowest BCUT2D eigenvalue weighted by Crippen LogP contribution is -2.41. The summed E-state index contributed by atoms with van der Waals surface area (Å²) in [6.45, 7) is 0.379. The zero-order chi connectivity index (χ0) is 22.3. The summed E-state index contributed by atoms with van der Waals surface area (Å²) in [4.78, 5) is 12.4. The van der Waals surface area contributed by atoms with Crippen LogP contribution in [0.3, 0.4) is 0 Å². The van der Waals surface area contributed by atoms with Crippen molar-refractivity contribution in [3.05, 3.63) is 94.5 Å². The van der Waals surface area contributed by atoms with Gasteiger partial charge < -0.3 is 9.84 Å². The van der Waals surface area contributed by atoms with E-state index in [-0.39, 0.29) is 17.7 Å². The number of hydrogen-bond donors (Lipinski definition) is 4. The van der Waals surface area contributed by atoms with E-state index < -0.39 is 6.04 Å². The first-order valence-corrected chi connectivity index (χ1v) is 10.6. The lowest BCUT2D eigenvalue weighted by atomic mass is 10.0. The van der Waals surface area contributed by atoms with E-state index in [1.54, 1.807) is 24.3 Å². The zero-order valence-electron chi connectivity index (χ0n) is 17.2. The summed E-state index contributed by atoms with van der Waals surface area (Å²) in [5.74, 6) is 0.675. The number of ether oxygens (including phenoxy) is 1. The molecule has 8 heteroatoms. The Morgan fingerprint density at radius 1 is 1.12 bits per heavy atom. The maximum absolute atomic E-state index is 12.4. The minimum Gasteiger partial charge on any atom is -0.508 e.